The number of nitrogens with zero attached hydrogens (tertiary/aromatic N) is 5. The van der Waals surface area contributed by atoms with Gasteiger partial charge in [0.15, 0.2) is 5.96 Å². The van der Waals surface area contributed by atoms with Gasteiger partial charge >= 0.3 is 0 Å². The van der Waals surface area contributed by atoms with Crippen molar-refractivity contribution in [1.29, 1.82) is 0 Å². The molecule has 1 aliphatic rings. The van der Waals surface area contributed by atoms with E-state index in [4.69, 9.17) is 4.52 Å². The maximum absolute atomic E-state index is 4.82. The predicted molar refractivity (Wildman–Crippen MR) is 81.2 cm³/mol. The summed E-state index contributed by atoms with van der Waals surface area (Å²) >= 11 is 0. The van der Waals surface area contributed by atoms with Crippen LogP contribution in [-0.2, 0) is 13.1 Å². The number of aliphatic imine (C=N–C) groups is 1. The molecule has 118 valence electrons. The SMILES string of the molecule is CCNC(=NCc1ccon1)NC1CCCn2nc(C)nc21. The van der Waals surface area contributed by atoms with E-state index in [9.17, 15) is 0 Å². The van der Waals surface area contributed by atoms with Crippen LogP contribution in [0.15, 0.2) is 21.8 Å². The first-order valence-electron chi connectivity index (χ1n) is 7.61. The van der Waals surface area contributed by atoms with Gasteiger partial charge in [-0.05, 0) is 26.7 Å². The van der Waals surface area contributed by atoms with Gasteiger partial charge in [0.1, 0.15) is 23.6 Å². The number of aromatic nitrogens is 4. The zero-order chi connectivity index (χ0) is 15.4. The lowest BCUT2D eigenvalue weighted by Crippen LogP contribution is -2.41. The first-order chi connectivity index (χ1) is 10.8. The molecule has 0 bridgehead atoms. The third-order valence-corrected chi connectivity index (χ3v) is 3.53. The summed E-state index contributed by atoms with van der Waals surface area (Å²) in [6, 6.07) is 1.94. The Kier molecular flexibility index (Phi) is 4.36. The second-order valence-corrected chi connectivity index (χ2v) is 5.27. The Morgan fingerprint density at radius 2 is 2.45 bits per heavy atom. The molecule has 0 spiro atoms. The van der Waals surface area contributed by atoms with Crippen molar-refractivity contribution in [2.24, 2.45) is 4.99 Å². The molecule has 22 heavy (non-hydrogen) atoms. The Bertz CT molecular complexity index is 632. The van der Waals surface area contributed by atoms with Gasteiger partial charge in [0, 0.05) is 19.2 Å². The molecule has 8 nitrogen and oxygen atoms in total. The van der Waals surface area contributed by atoms with Gasteiger partial charge in [0.2, 0.25) is 0 Å². The topological polar surface area (TPSA) is 93.2 Å². The number of guanidine groups is 1. The third-order valence-electron chi connectivity index (χ3n) is 3.53. The molecule has 1 aliphatic heterocycles. The Morgan fingerprint density at radius 3 is 3.23 bits per heavy atom. The predicted octanol–water partition coefficient (Wildman–Crippen LogP) is 1.16. The van der Waals surface area contributed by atoms with Crippen LogP contribution in [0.3, 0.4) is 0 Å². The van der Waals surface area contributed by atoms with Gasteiger partial charge in [0.05, 0.1) is 12.6 Å². The van der Waals surface area contributed by atoms with Crippen LogP contribution in [0.25, 0.3) is 0 Å². The molecule has 2 aromatic heterocycles. The monoisotopic (exact) mass is 303 g/mol. The molecular weight excluding hydrogens is 282 g/mol. The van der Waals surface area contributed by atoms with Crippen molar-refractivity contribution < 1.29 is 4.52 Å². The molecule has 0 aromatic carbocycles. The van der Waals surface area contributed by atoms with Crippen molar-refractivity contribution in [3.8, 4) is 0 Å². The van der Waals surface area contributed by atoms with Gasteiger partial charge in [-0.1, -0.05) is 5.16 Å². The van der Waals surface area contributed by atoms with E-state index < -0.39 is 0 Å². The molecule has 0 aliphatic carbocycles. The van der Waals surface area contributed by atoms with Crippen LogP contribution in [0.1, 0.15) is 43.1 Å². The summed E-state index contributed by atoms with van der Waals surface area (Å²) < 4.78 is 6.81. The van der Waals surface area contributed by atoms with Crippen LogP contribution in [0.4, 0.5) is 0 Å². The summed E-state index contributed by atoms with van der Waals surface area (Å²) in [5.41, 5.74) is 0.805. The summed E-state index contributed by atoms with van der Waals surface area (Å²) in [6.07, 6.45) is 3.65. The van der Waals surface area contributed by atoms with Gasteiger partial charge in [-0.25, -0.2) is 14.7 Å². The Morgan fingerprint density at radius 1 is 1.55 bits per heavy atom. The quantitative estimate of drug-likeness (QED) is 0.650. The minimum atomic E-state index is 0.130. The highest BCUT2D eigenvalue weighted by Gasteiger charge is 2.24. The van der Waals surface area contributed by atoms with Gasteiger partial charge in [-0.3, -0.25) is 0 Å². The van der Waals surface area contributed by atoms with E-state index in [1.807, 2.05) is 24.6 Å². The van der Waals surface area contributed by atoms with E-state index in [0.29, 0.717) is 6.54 Å². The first kappa shape index (κ1) is 14.6. The molecular formula is C14H21N7O. The number of nitrogens with one attached hydrogen (secondary N) is 2. The standard InChI is InChI=1S/C14H21N7O/c1-3-15-14(16-9-11-6-8-22-20-11)18-12-5-4-7-21-13(12)17-10(2)19-21/h6,8,12H,3-5,7,9H2,1-2H3,(H2,15,16,18). The van der Waals surface area contributed by atoms with Crippen LogP contribution in [0.2, 0.25) is 0 Å². The number of rotatable bonds is 4. The molecule has 0 radical (unpaired) electrons. The highest BCUT2D eigenvalue weighted by atomic mass is 16.5. The first-order valence-corrected chi connectivity index (χ1v) is 7.61. The lowest BCUT2D eigenvalue weighted by molar-refractivity contribution is 0.397. The normalized spacial score (nSPS) is 18.1. The van der Waals surface area contributed by atoms with Crippen LogP contribution >= 0.6 is 0 Å². The van der Waals surface area contributed by atoms with Crippen molar-refractivity contribution >= 4 is 5.96 Å². The summed E-state index contributed by atoms with van der Waals surface area (Å²) in [5, 5.41) is 15.0. The molecule has 2 aromatic rings. The summed E-state index contributed by atoms with van der Waals surface area (Å²) in [4.78, 5) is 9.08. The molecule has 8 heteroatoms. The van der Waals surface area contributed by atoms with Crippen molar-refractivity contribution in [3.63, 3.8) is 0 Å². The number of aryl methyl sites for hydroxylation is 2. The largest absolute Gasteiger partial charge is 0.364 e. The second-order valence-electron chi connectivity index (χ2n) is 5.27. The smallest absolute Gasteiger partial charge is 0.192 e. The summed E-state index contributed by atoms with van der Waals surface area (Å²) in [6.45, 7) is 6.17. The second kappa shape index (κ2) is 6.59. The van der Waals surface area contributed by atoms with Crippen molar-refractivity contribution in [3.05, 3.63) is 29.7 Å². The van der Waals surface area contributed by atoms with Gasteiger partial charge < -0.3 is 15.2 Å². The zero-order valence-corrected chi connectivity index (χ0v) is 12.9. The van der Waals surface area contributed by atoms with Crippen molar-refractivity contribution in [1.82, 2.24) is 30.6 Å². The number of hydrogen-bond donors (Lipinski definition) is 2. The minimum absolute atomic E-state index is 0.130. The fourth-order valence-electron chi connectivity index (χ4n) is 2.57. The van der Waals surface area contributed by atoms with Crippen molar-refractivity contribution in [2.75, 3.05) is 6.54 Å². The van der Waals surface area contributed by atoms with Crippen LogP contribution in [0, 0.1) is 6.92 Å². The molecule has 3 rings (SSSR count). The molecule has 1 unspecified atom stereocenters. The van der Waals surface area contributed by atoms with Crippen molar-refractivity contribution in [2.45, 2.75) is 45.8 Å². The third kappa shape index (κ3) is 3.26. The Hall–Kier alpha value is -2.38. The maximum Gasteiger partial charge on any atom is 0.192 e. The maximum atomic E-state index is 4.82. The lowest BCUT2D eigenvalue weighted by atomic mass is 10.1. The molecule has 0 saturated heterocycles. The van der Waals surface area contributed by atoms with Crippen LogP contribution in [-0.4, -0.2) is 32.4 Å². The minimum Gasteiger partial charge on any atom is -0.364 e. The zero-order valence-electron chi connectivity index (χ0n) is 12.9. The summed E-state index contributed by atoms with van der Waals surface area (Å²) in [5.74, 6) is 2.55. The van der Waals surface area contributed by atoms with Gasteiger partial charge in [0.25, 0.3) is 0 Å². The van der Waals surface area contributed by atoms with E-state index in [-0.39, 0.29) is 6.04 Å². The summed E-state index contributed by atoms with van der Waals surface area (Å²) in [7, 11) is 0. The van der Waals surface area contributed by atoms with E-state index in [2.05, 4.69) is 30.9 Å². The van der Waals surface area contributed by atoms with E-state index in [1.165, 1.54) is 0 Å². The molecule has 0 fully saturated rings. The van der Waals surface area contributed by atoms with E-state index >= 15 is 0 Å². The van der Waals surface area contributed by atoms with E-state index in [0.717, 1.165) is 49.2 Å². The molecule has 3 heterocycles. The van der Waals surface area contributed by atoms with Crippen LogP contribution in [0.5, 0.6) is 0 Å². The Balaban J connectivity index is 1.72. The molecule has 0 saturated carbocycles. The van der Waals surface area contributed by atoms with Crippen LogP contribution < -0.4 is 10.6 Å². The molecule has 0 amide bonds. The Labute approximate surface area is 129 Å². The van der Waals surface area contributed by atoms with Gasteiger partial charge in [-0.2, -0.15) is 5.10 Å². The van der Waals surface area contributed by atoms with Gasteiger partial charge in [-0.15, -0.1) is 0 Å². The molecule has 1 atom stereocenters. The fraction of sp³-hybridized carbons (Fsp3) is 0.571. The number of fused-ring (bicyclic) bond motifs is 1. The average Bonchev–Trinajstić information content (AvgIpc) is 3.13. The molecule has 2 N–H and O–H groups in total. The number of hydrogen-bond acceptors (Lipinski definition) is 5. The lowest BCUT2D eigenvalue weighted by Gasteiger charge is -2.24. The highest BCUT2D eigenvalue weighted by molar-refractivity contribution is 5.80. The van der Waals surface area contributed by atoms with E-state index in [1.54, 1.807) is 6.26 Å². The highest BCUT2D eigenvalue weighted by Crippen LogP contribution is 2.22. The fourth-order valence-corrected chi connectivity index (χ4v) is 2.57. The average molecular weight is 303 g/mol.